The number of aryl methyl sites for hydroxylation is 1. The first-order valence-electron chi connectivity index (χ1n) is 6.61. The van der Waals surface area contributed by atoms with Crippen LogP contribution in [0.3, 0.4) is 0 Å². The van der Waals surface area contributed by atoms with Crippen LogP contribution < -0.4 is 4.90 Å². The van der Waals surface area contributed by atoms with E-state index in [4.69, 9.17) is 4.74 Å². The van der Waals surface area contributed by atoms with E-state index in [0.29, 0.717) is 12.2 Å². The minimum atomic E-state index is -0.0424. The van der Waals surface area contributed by atoms with Gasteiger partial charge in [-0.1, -0.05) is 18.2 Å². The summed E-state index contributed by atoms with van der Waals surface area (Å²) in [4.78, 5) is 14.5. The number of amides is 1. The molecule has 2 aromatic rings. The van der Waals surface area contributed by atoms with Crippen molar-refractivity contribution in [2.45, 2.75) is 12.5 Å². The van der Waals surface area contributed by atoms with Crippen molar-refractivity contribution in [3.8, 4) is 0 Å². The lowest BCUT2D eigenvalue weighted by atomic mass is 9.99. The zero-order valence-corrected chi connectivity index (χ0v) is 11.6. The van der Waals surface area contributed by atoms with Crippen LogP contribution in [0.4, 0.5) is 5.69 Å². The Bertz CT molecular complexity index is 636. The van der Waals surface area contributed by atoms with E-state index >= 15 is 0 Å². The quantitative estimate of drug-likeness (QED) is 0.834. The molecule has 5 heteroatoms. The molecule has 0 saturated heterocycles. The van der Waals surface area contributed by atoms with Gasteiger partial charge in [-0.25, -0.2) is 0 Å². The van der Waals surface area contributed by atoms with Crippen LogP contribution in [0, 0.1) is 0 Å². The number of anilines is 1. The lowest BCUT2D eigenvalue weighted by Crippen LogP contribution is -2.43. The molecule has 1 aromatic carbocycles. The number of methoxy groups -OCH3 is 1. The number of aromatic nitrogens is 2. The summed E-state index contributed by atoms with van der Waals surface area (Å²) in [6.45, 7) is 0.567. The number of carbonyl (C=O) groups is 1. The fraction of sp³-hybridized carbons (Fsp3) is 0.333. The summed E-state index contributed by atoms with van der Waals surface area (Å²) in [7, 11) is 3.46. The molecule has 2 heterocycles. The molecule has 1 amide bonds. The molecule has 5 nitrogen and oxygen atoms in total. The van der Waals surface area contributed by atoms with Gasteiger partial charge in [0.2, 0.25) is 0 Å². The standard InChI is InChI=1S/C15H17N3O2/c1-17-14(7-8-16-17)15(19)18-10-12(20-2)9-11-5-3-4-6-13(11)18/h3-8,12H,9-10H2,1-2H3. The Labute approximate surface area is 117 Å². The van der Waals surface area contributed by atoms with Gasteiger partial charge in [0.15, 0.2) is 0 Å². The first-order valence-corrected chi connectivity index (χ1v) is 6.61. The first-order chi connectivity index (χ1) is 9.70. The smallest absolute Gasteiger partial charge is 0.276 e. The third-order valence-electron chi connectivity index (χ3n) is 3.73. The molecule has 0 fully saturated rings. The van der Waals surface area contributed by atoms with E-state index < -0.39 is 0 Å². The molecule has 1 aliphatic heterocycles. The first kappa shape index (κ1) is 12.9. The molecule has 0 aliphatic carbocycles. The molecule has 0 spiro atoms. The summed E-state index contributed by atoms with van der Waals surface area (Å²) in [6, 6.07) is 9.71. The van der Waals surface area contributed by atoms with Gasteiger partial charge in [-0.2, -0.15) is 5.10 Å². The highest BCUT2D eigenvalue weighted by Gasteiger charge is 2.29. The number of carbonyl (C=O) groups excluding carboxylic acids is 1. The van der Waals surface area contributed by atoms with Crippen LogP contribution in [0.25, 0.3) is 0 Å². The van der Waals surface area contributed by atoms with E-state index in [2.05, 4.69) is 5.10 Å². The van der Waals surface area contributed by atoms with Crippen LogP contribution in [0.15, 0.2) is 36.5 Å². The van der Waals surface area contributed by atoms with Crippen molar-refractivity contribution < 1.29 is 9.53 Å². The van der Waals surface area contributed by atoms with Crippen molar-refractivity contribution in [2.75, 3.05) is 18.6 Å². The molecule has 1 aromatic heterocycles. The Morgan fingerprint density at radius 1 is 1.35 bits per heavy atom. The monoisotopic (exact) mass is 271 g/mol. The van der Waals surface area contributed by atoms with Gasteiger partial charge in [0.25, 0.3) is 5.91 Å². The van der Waals surface area contributed by atoms with Gasteiger partial charge in [-0.05, 0) is 17.7 Å². The van der Waals surface area contributed by atoms with Crippen molar-refractivity contribution in [3.63, 3.8) is 0 Å². The second-order valence-electron chi connectivity index (χ2n) is 4.95. The van der Waals surface area contributed by atoms with Gasteiger partial charge < -0.3 is 9.64 Å². The molecule has 1 atom stereocenters. The van der Waals surface area contributed by atoms with E-state index in [9.17, 15) is 4.79 Å². The van der Waals surface area contributed by atoms with Crippen LogP contribution in [0.1, 0.15) is 16.1 Å². The van der Waals surface area contributed by atoms with Crippen LogP contribution in [0.2, 0.25) is 0 Å². The van der Waals surface area contributed by atoms with E-state index in [-0.39, 0.29) is 12.0 Å². The summed E-state index contributed by atoms with van der Waals surface area (Å²) < 4.78 is 7.06. The van der Waals surface area contributed by atoms with E-state index in [1.807, 2.05) is 24.3 Å². The number of rotatable bonds is 2. The van der Waals surface area contributed by atoms with Crippen molar-refractivity contribution in [3.05, 3.63) is 47.8 Å². The number of benzene rings is 1. The van der Waals surface area contributed by atoms with Gasteiger partial charge in [-0.15, -0.1) is 0 Å². The molecule has 1 unspecified atom stereocenters. The molecule has 1 aliphatic rings. The Morgan fingerprint density at radius 3 is 2.85 bits per heavy atom. The highest BCUT2D eigenvalue weighted by molar-refractivity contribution is 6.05. The minimum Gasteiger partial charge on any atom is -0.379 e. The highest BCUT2D eigenvalue weighted by atomic mass is 16.5. The fourth-order valence-corrected chi connectivity index (χ4v) is 2.63. The number of hydrogen-bond acceptors (Lipinski definition) is 3. The number of ether oxygens (including phenoxy) is 1. The van der Waals surface area contributed by atoms with Crippen LogP contribution in [-0.4, -0.2) is 35.4 Å². The average molecular weight is 271 g/mol. The molecular formula is C15H17N3O2. The normalized spacial score (nSPS) is 17.9. The Hall–Kier alpha value is -2.14. The number of nitrogens with zero attached hydrogens (tertiary/aromatic N) is 3. The molecule has 0 radical (unpaired) electrons. The lowest BCUT2D eigenvalue weighted by Gasteiger charge is -2.33. The molecular weight excluding hydrogens is 254 g/mol. The predicted octanol–water partition coefficient (Wildman–Crippen LogP) is 1.64. The molecule has 0 N–H and O–H groups in total. The molecule has 0 bridgehead atoms. The van der Waals surface area contributed by atoms with Gasteiger partial charge in [-0.3, -0.25) is 9.48 Å². The van der Waals surface area contributed by atoms with Crippen LogP contribution >= 0.6 is 0 Å². The molecule has 20 heavy (non-hydrogen) atoms. The second kappa shape index (κ2) is 5.09. The number of fused-ring (bicyclic) bond motifs is 1. The largest absolute Gasteiger partial charge is 0.379 e. The fourth-order valence-electron chi connectivity index (χ4n) is 2.63. The summed E-state index contributed by atoms with van der Waals surface area (Å²) in [6.07, 6.45) is 2.50. The summed E-state index contributed by atoms with van der Waals surface area (Å²) >= 11 is 0. The average Bonchev–Trinajstić information content (AvgIpc) is 2.91. The maximum absolute atomic E-state index is 12.7. The van der Waals surface area contributed by atoms with Crippen molar-refractivity contribution in [1.29, 1.82) is 0 Å². The summed E-state index contributed by atoms with van der Waals surface area (Å²) in [5.74, 6) is -0.0424. The van der Waals surface area contributed by atoms with Gasteiger partial charge in [0, 0.05) is 32.5 Å². The van der Waals surface area contributed by atoms with Crippen LogP contribution in [-0.2, 0) is 18.2 Å². The molecule has 104 valence electrons. The van der Waals surface area contributed by atoms with Crippen LogP contribution in [0.5, 0.6) is 0 Å². The maximum Gasteiger partial charge on any atom is 0.276 e. The SMILES string of the molecule is COC1Cc2ccccc2N(C(=O)c2ccnn2C)C1. The Balaban J connectivity index is 2.00. The zero-order chi connectivity index (χ0) is 14.1. The van der Waals surface area contributed by atoms with E-state index in [1.54, 1.807) is 36.0 Å². The van der Waals surface area contributed by atoms with Gasteiger partial charge in [0.05, 0.1) is 12.6 Å². The van der Waals surface area contributed by atoms with E-state index in [0.717, 1.165) is 17.7 Å². The Kier molecular flexibility index (Phi) is 3.28. The third-order valence-corrected chi connectivity index (χ3v) is 3.73. The van der Waals surface area contributed by atoms with Crippen molar-refractivity contribution in [1.82, 2.24) is 9.78 Å². The second-order valence-corrected chi connectivity index (χ2v) is 4.95. The Morgan fingerprint density at radius 2 is 2.15 bits per heavy atom. The van der Waals surface area contributed by atoms with Crippen molar-refractivity contribution in [2.24, 2.45) is 7.05 Å². The van der Waals surface area contributed by atoms with Crippen molar-refractivity contribution >= 4 is 11.6 Å². The number of para-hydroxylation sites is 1. The van der Waals surface area contributed by atoms with E-state index in [1.165, 1.54) is 0 Å². The van der Waals surface area contributed by atoms with Gasteiger partial charge >= 0.3 is 0 Å². The lowest BCUT2D eigenvalue weighted by molar-refractivity contribution is 0.0863. The molecule has 3 rings (SSSR count). The molecule has 0 saturated carbocycles. The highest BCUT2D eigenvalue weighted by Crippen LogP contribution is 2.29. The minimum absolute atomic E-state index is 0.0297. The topological polar surface area (TPSA) is 47.4 Å². The predicted molar refractivity (Wildman–Crippen MR) is 75.8 cm³/mol. The maximum atomic E-state index is 12.7. The third kappa shape index (κ3) is 2.10. The number of hydrogen-bond donors (Lipinski definition) is 0. The summed E-state index contributed by atoms with van der Waals surface area (Å²) in [5.41, 5.74) is 2.68. The zero-order valence-electron chi connectivity index (χ0n) is 11.6. The van der Waals surface area contributed by atoms with Gasteiger partial charge in [0.1, 0.15) is 5.69 Å². The summed E-state index contributed by atoms with van der Waals surface area (Å²) in [5, 5.41) is 4.07.